The predicted octanol–water partition coefficient (Wildman–Crippen LogP) is 0.979. The van der Waals surface area contributed by atoms with Crippen molar-refractivity contribution in [2.45, 2.75) is 0 Å². The smallest absolute Gasteiger partial charge is 0.147 e. The molecule has 3 heteroatoms. The van der Waals surface area contributed by atoms with E-state index in [0.717, 1.165) is 0 Å². The van der Waals surface area contributed by atoms with Crippen LogP contribution in [0.1, 0.15) is 5.56 Å². The Morgan fingerprint density at radius 1 is 1.54 bits per heavy atom. The van der Waals surface area contributed by atoms with Crippen LogP contribution in [0.25, 0.3) is 0 Å². The third kappa shape index (κ3) is 2.77. The Morgan fingerprint density at radius 2 is 2.31 bits per heavy atom. The third-order valence-corrected chi connectivity index (χ3v) is 1.50. The van der Waals surface area contributed by atoms with E-state index in [0.29, 0.717) is 12.1 Å². The van der Waals surface area contributed by atoms with Gasteiger partial charge in [0.2, 0.25) is 0 Å². The predicted molar refractivity (Wildman–Crippen MR) is 51.6 cm³/mol. The van der Waals surface area contributed by atoms with Crippen LogP contribution in [0.3, 0.4) is 0 Å². The second-order valence-electron chi connectivity index (χ2n) is 2.57. The van der Waals surface area contributed by atoms with Crippen molar-refractivity contribution < 1.29 is 4.39 Å². The zero-order chi connectivity index (χ0) is 9.68. The minimum atomic E-state index is -0.420. The Balaban J connectivity index is 2.81. The minimum absolute atomic E-state index is 0.152. The van der Waals surface area contributed by atoms with Crippen LogP contribution in [0.2, 0.25) is 0 Å². The third-order valence-electron chi connectivity index (χ3n) is 1.50. The molecule has 1 rings (SSSR count). The van der Waals surface area contributed by atoms with Crippen LogP contribution in [-0.2, 0) is 0 Å². The SMILES string of the molecule is CNCC#Cc1ccc(N)c(F)c1. The first-order valence-electron chi connectivity index (χ1n) is 3.92. The molecule has 13 heavy (non-hydrogen) atoms. The summed E-state index contributed by atoms with van der Waals surface area (Å²) in [5.74, 6) is 5.21. The van der Waals surface area contributed by atoms with Gasteiger partial charge in [0.1, 0.15) is 5.82 Å². The monoisotopic (exact) mass is 178 g/mol. The first-order chi connectivity index (χ1) is 6.24. The van der Waals surface area contributed by atoms with Gasteiger partial charge in [-0.25, -0.2) is 4.39 Å². The quantitative estimate of drug-likeness (QED) is 0.497. The molecule has 2 nitrogen and oxygen atoms in total. The summed E-state index contributed by atoms with van der Waals surface area (Å²) in [5.41, 5.74) is 6.10. The maximum absolute atomic E-state index is 12.9. The van der Waals surface area contributed by atoms with Gasteiger partial charge in [-0.3, -0.25) is 0 Å². The molecule has 3 N–H and O–H groups in total. The van der Waals surface area contributed by atoms with Crippen molar-refractivity contribution in [1.29, 1.82) is 0 Å². The molecule has 1 aromatic carbocycles. The van der Waals surface area contributed by atoms with Gasteiger partial charge in [0, 0.05) is 5.56 Å². The molecule has 0 bridgehead atoms. The summed E-state index contributed by atoms with van der Waals surface area (Å²) in [4.78, 5) is 0. The Kier molecular flexibility index (Phi) is 3.30. The highest BCUT2D eigenvalue weighted by Crippen LogP contribution is 2.10. The van der Waals surface area contributed by atoms with Crippen LogP contribution < -0.4 is 11.1 Å². The topological polar surface area (TPSA) is 38.0 Å². The molecule has 0 aliphatic heterocycles. The maximum Gasteiger partial charge on any atom is 0.147 e. The molecule has 0 unspecified atom stereocenters. The zero-order valence-corrected chi connectivity index (χ0v) is 7.39. The zero-order valence-electron chi connectivity index (χ0n) is 7.39. The molecular formula is C10H11FN2. The van der Waals surface area contributed by atoms with E-state index in [1.807, 2.05) is 0 Å². The van der Waals surface area contributed by atoms with Gasteiger partial charge >= 0.3 is 0 Å². The molecule has 0 aromatic heterocycles. The normalized spacial score (nSPS) is 9.08. The van der Waals surface area contributed by atoms with E-state index >= 15 is 0 Å². The van der Waals surface area contributed by atoms with Crippen molar-refractivity contribution >= 4 is 5.69 Å². The van der Waals surface area contributed by atoms with Gasteiger partial charge in [-0.2, -0.15) is 0 Å². The molecule has 0 saturated carbocycles. The Morgan fingerprint density at radius 3 is 2.92 bits per heavy atom. The van der Waals surface area contributed by atoms with Crippen molar-refractivity contribution in [3.8, 4) is 11.8 Å². The largest absolute Gasteiger partial charge is 0.396 e. The number of hydrogen-bond donors (Lipinski definition) is 2. The minimum Gasteiger partial charge on any atom is -0.396 e. The summed E-state index contributed by atoms with van der Waals surface area (Å²) >= 11 is 0. The van der Waals surface area contributed by atoms with Crippen molar-refractivity contribution in [2.75, 3.05) is 19.3 Å². The fourth-order valence-corrected chi connectivity index (χ4v) is 0.840. The van der Waals surface area contributed by atoms with E-state index in [4.69, 9.17) is 5.73 Å². The van der Waals surface area contributed by atoms with E-state index in [1.165, 1.54) is 12.1 Å². The van der Waals surface area contributed by atoms with E-state index < -0.39 is 5.82 Å². The number of halogens is 1. The average molecular weight is 178 g/mol. The van der Waals surface area contributed by atoms with Crippen molar-refractivity contribution in [3.63, 3.8) is 0 Å². The molecule has 0 heterocycles. The lowest BCUT2D eigenvalue weighted by Crippen LogP contribution is -2.04. The summed E-state index contributed by atoms with van der Waals surface area (Å²) in [6.07, 6.45) is 0. The first-order valence-corrected chi connectivity index (χ1v) is 3.92. The van der Waals surface area contributed by atoms with Crippen LogP contribution in [0.5, 0.6) is 0 Å². The van der Waals surface area contributed by atoms with Crippen molar-refractivity contribution in [2.24, 2.45) is 0 Å². The molecule has 1 aromatic rings. The average Bonchev–Trinajstić information content (AvgIpc) is 2.12. The van der Waals surface area contributed by atoms with Gasteiger partial charge < -0.3 is 11.1 Å². The second-order valence-corrected chi connectivity index (χ2v) is 2.57. The van der Waals surface area contributed by atoms with Gasteiger partial charge in [-0.05, 0) is 25.2 Å². The van der Waals surface area contributed by atoms with Gasteiger partial charge in [-0.15, -0.1) is 0 Å². The lowest BCUT2D eigenvalue weighted by molar-refractivity contribution is 0.632. The number of rotatable bonds is 1. The summed E-state index contributed by atoms with van der Waals surface area (Å²) in [6, 6.07) is 4.54. The number of nitrogens with one attached hydrogen (secondary N) is 1. The highest BCUT2D eigenvalue weighted by molar-refractivity contribution is 5.46. The fraction of sp³-hybridized carbons (Fsp3) is 0.200. The molecule has 0 atom stereocenters. The molecule has 0 aliphatic rings. The molecule has 0 amide bonds. The van der Waals surface area contributed by atoms with Gasteiger partial charge in [0.05, 0.1) is 12.2 Å². The number of hydrogen-bond acceptors (Lipinski definition) is 2. The fourth-order valence-electron chi connectivity index (χ4n) is 0.840. The number of nitrogens with two attached hydrogens (primary N) is 1. The van der Waals surface area contributed by atoms with E-state index in [2.05, 4.69) is 17.2 Å². The molecule has 0 spiro atoms. The highest BCUT2D eigenvalue weighted by atomic mass is 19.1. The summed E-state index contributed by atoms with van der Waals surface area (Å²) in [6.45, 7) is 0.589. The van der Waals surface area contributed by atoms with Crippen LogP contribution >= 0.6 is 0 Å². The van der Waals surface area contributed by atoms with Crippen LogP contribution in [0, 0.1) is 17.7 Å². The Bertz CT molecular complexity index is 350. The Labute approximate surface area is 76.9 Å². The van der Waals surface area contributed by atoms with Crippen molar-refractivity contribution in [3.05, 3.63) is 29.6 Å². The summed E-state index contributed by atoms with van der Waals surface area (Å²) in [5, 5.41) is 2.87. The van der Waals surface area contributed by atoms with E-state index in [1.54, 1.807) is 13.1 Å². The molecule has 68 valence electrons. The molecule has 0 radical (unpaired) electrons. The second kappa shape index (κ2) is 4.48. The van der Waals surface area contributed by atoms with E-state index in [-0.39, 0.29) is 5.69 Å². The van der Waals surface area contributed by atoms with Gasteiger partial charge in [0.15, 0.2) is 0 Å². The van der Waals surface area contributed by atoms with Crippen LogP contribution in [-0.4, -0.2) is 13.6 Å². The molecule has 0 saturated heterocycles. The lowest BCUT2D eigenvalue weighted by atomic mass is 10.2. The summed E-state index contributed by atoms with van der Waals surface area (Å²) in [7, 11) is 1.80. The van der Waals surface area contributed by atoms with Crippen LogP contribution in [0.15, 0.2) is 18.2 Å². The number of anilines is 1. The van der Waals surface area contributed by atoms with Gasteiger partial charge in [-0.1, -0.05) is 11.8 Å². The summed E-state index contributed by atoms with van der Waals surface area (Å²) < 4.78 is 12.9. The van der Waals surface area contributed by atoms with Gasteiger partial charge in [0.25, 0.3) is 0 Å². The lowest BCUT2D eigenvalue weighted by Gasteiger charge is -1.95. The number of benzene rings is 1. The number of nitrogen functional groups attached to an aromatic ring is 1. The van der Waals surface area contributed by atoms with Crippen LogP contribution in [0.4, 0.5) is 10.1 Å². The standard InChI is InChI=1S/C10H11FN2/c1-13-6-2-3-8-4-5-10(12)9(11)7-8/h4-5,7,13H,6,12H2,1H3. The Hall–Kier alpha value is -1.53. The van der Waals surface area contributed by atoms with Crippen molar-refractivity contribution in [1.82, 2.24) is 5.32 Å². The highest BCUT2D eigenvalue weighted by Gasteiger charge is 1.96. The first kappa shape index (κ1) is 9.56. The molecular weight excluding hydrogens is 167 g/mol. The molecule has 0 fully saturated rings. The van der Waals surface area contributed by atoms with E-state index in [9.17, 15) is 4.39 Å². The maximum atomic E-state index is 12.9. The molecule has 0 aliphatic carbocycles.